The SMILES string of the molecule is CCC1COC(C)CN1C(=O)c1c(O)cccc1F. The van der Waals surface area contributed by atoms with Crippen LogP contribution in [0.2, 0.25) is 0 Å². The molecule has 2 atom stereocenters. The van der Waals surface area contributed by atoms with Gasteiger partial charge in [-0.05, 0) is 25.5 Å². The molecule has 104 valence electrons. The van der Waals surface area contributed by atoms with Crippen LogP contribution < -0.4 is 0 Å². The van der Waals surface area contributed by atoms with Crippen LogP contribution in [-0.2, 0) is 4.74 Å². The Bertz CT molecular complexity index is 458. The molecule has 1 fully saturated rings. The number of amides is 1. The second kappa shape index (κ2) is 5.57. The van der Waals surface area contributed by atoms with Crippen molar-refractivity contribution >= 4 is 5.91 Å². The highest BCUT2D eigenvalue weighted by molar-refractivity contribution is 5.97. The molecule has 1 N–H and O–H groups in total. The van der Waals surface area contributed by atoms with Crippen molar-refractivity contribution in [3.8, 4) is 5.75 Å². The van der Waals surface area contributed by atoms with Crippen molar-refractivity contribution in [1.82, 2.24) is 4.90 Å². The lowest BCUT2D eigenvalue weighted by atomic mass is 10.1. The highest BCUT2D eigenvalue weighted by Gasteiger charge is 2.32. The smallest absolute Gasteiger partial charge is 0.261 e. The van der Waals surface area contributed by atoms with E-state index in [9.17, 15) is 14.3 Å². The zero-order valence-corrected chi connectivity index (χ0v) is 11.1. The zero-order chi connectivity index (χ0) is 14.0. The molecule has 1 saturated heterocycles. The second-order valence-corrected chi connectivity index (χ2v) is 4.80. The van der Waals surface area contributed by atoms with Gasteiger partial charge in [0.1, 0.15) is 17.1 Å². The summed E-state index contributed by atoms with van der Waals surface area (Å²) in [5.74, 6) is -1.49. The lowest BCUT2D eigenvalue weighted by Crippen LogP contribution is -2.51. The number of benzene rings is 1. The van der Waals surface area contributed by atoms with Crippen molar-refractivity contribution in [2.24, 2.45) is 0 Å². The number of carbonyl (C=O) groups is 1. The van der Waals surface area contributed by atoms with E-state index in [2.05, 4.69) is 0 Å². The average molecular weight is 267 g/mol. The van der Waals surface area contributed by atoms with Crippen molar-refractivity contribution in [1.29, 1.82) is 0 Å². The highest BCUT2D eigenvalue weighted by Crippen LogP contribution is 2.25. The second-order valence-electron chi connectivity index (χ2n) is 4.80. The lowest BCUT2D eigenvalue weighted by Gasteiger charge is -2.38. The number of rotatable bonds is 2. The summed E-state index contributed by atoms with van der Waals surface area (Å²) in [7, 11) is 0. The summed E-state index contributed by atoms with van der Waals surface area (Å²) in [6, 6.07) is 3.79. The standard InChI is InChI=1S/C14H18FNO3/c1-3-10-8-19-9(2)7-16(10)14(18)13-11(15)5-4-6-12(13)17/h4-6,9-10,17H,3,7-8H2,1-2H3. The minimum absolute atomic E-state index is 0.0808. The predicted molar refractivity (Wildman–Crippen MR) is 68.6 cm³/mol. The van der Waals surface area contributed by atoms with Gasteiger partial charge in [0.05, 0.1) is 18.8 Å². The minimum Gasteiger partial charge on any atom is -0.507 e. The molecule has 1 heterocycles. The lowest BCUT2D eigenvalue weighted by molar-refractivity contribution is -0.0446. The van der Waals surface area contributed by atoms with E-state index < -0.39 is 11.7 Å². The monoisotopic (exact) mass is 267 g/mol. The molecule has 0 aromatic heterocycles. The Kier molecular flexibility index (Phi) is 4.04. The fourth-order valence-electron chi connectivity index (χ4n) is 2.30. The van der Waals surface area contributed by atoms with Crippen molar-refractivity contribution in [2.75, 3.05) is 13.2 Å². The Morgan fingerprint density at radius 2 is 2.32 bits per heavy atom. The van der Waals surface area contributed by atoms with Crippen molar-refractivity contribution in [3.63, 3.8) is 0 Å². The molecule has 1 aromatic carbocycles. The predicted octanol–water partition coefficient (Wildman–Crippen LogP) is 2.17. The third kappa shape index (κ3) is 2.71. The summed E-state index contributed by atoms with van der Waals surface area (Å²) in [5.41, 5.74) is -0.255. The zero-order valence-electron chi connectivity index (χ0n) is 11.1. The molecule has 2 rings (SSSR count). The number of ether oxygens (including phenoxy) is 1. The van der Waals surface area contributed by atoms with E-state index in [0.717, 1.165) is 6.42 Å². The highest BCUT2D eigenvalue weighted by atomic mass is 19.1. The number of phenolic OH excluding ortho intramolecular Hbond substituents is 1. The van der Waals surface area contributed by atoms with Gasteiger partial charge in [0.25, 0.3) is 5.91 Å². The van der Waals surface area contributed by atoms with Gasteiger partial charge in [0.15, 0.2) is 0 Å². The maximum Gasteiger partial charge on any atom is 0.261 e. The Hall–Kier alpha value is -1.62. The number of hydrogen-bond acceptors (Lipinski definition) is 3. The van der Waals surface area contributed by atoms with Gasteiger partial charge >= 0.3 is 0 Å². The normalized spacial score (nSPS) is 23.4. The molecule has 0 saturated carbocycles. The molecule has 1 amide bonds. The van der Waals surface area contributed by atoms with Crippen LogP contribution in [0.3, 0.4) is 0 Å². The third-order valence-corrected chi connectivity index (χ3v) is 3.41. The number of hydrogen-bond donors (Lipinski definition) is 1. The molecule has 0 spiro atoms. The molecule has 5 heteroatoms. The van der Waals surface area contributed by atoms with E-state index in [1.54, 1.807) is 4.90 Å². The fraction of sp³-hybridized carbons (Fsp3) is 0.500. The Morgan fingerprint density at radius 1 is 1.58 bits per heavy atom. The van der Waals surface area contributed by atoms with E-state index in [4.69, 9.17) is 4.74 Å². The molecule has 19 heavy (non-hydrogen) atoms. The van der Waals surface area contributed by atoms with Gasteiger partial charge in [-0.15, -0.1) is 0 Å². The molecule has 0 aliphatic carbocycles. The maximum atomic E-state index is 13.7. The molecule has 0 radical (unpaired) electrons. The van der Waals surface area contributed by atoms with Gasteiger partial charge in [-0.3, -0.25) is 4.79 Å². The first-order valence-corrected chi connectivity index (χ1v) is 6.44. The fourth-order valence-corrected chi connectivity index (χ4v) is 2.30. The van der Waals surface area contributed by atoms with Gasteiger partial charge in [-0.1, -0.05) is 13.0 Å². The summed E-state index contributed by atoms with van der Waals surface area (Å²) >= 11 is 0. The van der Waals surface area contributed by atoms with Crippen LogP contribution in [0.4, 0.5) is 4.39 Å². The number of carbonyl (C=O) groups excluding carboxylic acids is 1. The van der Waals surface area contributed by atoms with Crippen LogP contribution in [0, 0.1) is 5.82 Å². The van der Waals surface area contributed by atoms with Gasteiger partial charge in [0.2, 0.25) is 0 Å². The number of nitrogens with zero attached hydrogens (tertiary/aromatic N) is 1. The number of halogens is 1. The van der Waals surface area contributed by atoms with E-state index >= 15 is 0 Å². The summed E-state index contributed by atoms with van der Waals surface area (Å²) in [6.45, 7) is 4.67. The summed E-state index contributed by atoms with van der Waals surface area (Å²) < 4.78 is 19.3. The summed E-state index contributed by atoms with van der Waals surface area (Å²) in [4.78, 5) is 14.0. The summed E-state index contributed by atoms with van der Waals surface area (Å²) in [5, 5.41) is 9.70. The molecule has 4 nitrogen and oxygen atoms in total. The quantitative estimate of drug-likeness (QED) is 0.893. The molecular weight excluding hydrogens is 249 g/mol. The Balaban J connectivity index is 2.31. The Labute approximate surface area is 111 Å². The van der Waals surface area contributed by atoms with Crippen LogP contribution in [0.5, 0.6) is 5.75 Å². The van der Waals surface area contributed by atoms with Crippen molar-refractivity contribution in [3.05, 3.63) is 29.6 Å². The molecular formula is C14H18FNO3. The van der Waals surface area contributed by atoms with Gasteiger partial charge in [-0.2, -0.15) is 0 Å². The van der Waals surface area contributed by atoms with Crippen molar-refractivity contribution < 1.29 is 19.0 Å². The van der Waals surface area contributed by atoms with Crippen LogP contribution >= 0.6 is 0 Å². The van der Waals surface area contributed by atoms with E-state index in [1.807, 2.05) is 13.8 Å². The van der Waals surface area contributed by atoms with Gasteiger partial charge < -0.3 is 14.7 Å². The molecule has 1 aliphatic rings. The van der Waals surface area contributed by atoms with Gasteiger partial charge in [0, 0.05) is 6.54 Å². The van der Waals surface area contributed by atoms with E-state index in [-0.39, 0.29) is 23.5 Å². The van der Waals surface area contributed by atoms with Crippen LogP contribution in [0.15, 0.2) is 18.2 Å². The number of aromatic hydroxyl groups is 1. The van der Waals surface area contributed by atoms with Crippen molar-refractivity contribution in [2.45, 2.75) is 32.4 Å². The maximum absolute atomic E-state index is 13.7. The Morgan fingerprint density at radius 3 is 2.95 bits per heavy atom. The molecule has 0 bridgehead atoms. The van der Waals surface area contributed by atoms with E-state index in [0.29, 0.717) is 13.2 Å². The molecule has 2 unspecified atom stereocenters. The third-order valence-electron chi connectivity index (χ3n) is 3.41. The summed E-state index contributed by atoms with van der Waals surface area (Å²) in [6.07, 6.45) is 0.647. The topological polar surface area (TPSA) is 49.8 Å². The largest absolute Gasteiger partial charge is 0.507 e. The first kappa shape index (κ1) is 13.8. The first-order chi connectivity index (χ1) is 9.04. The van der Waals surface area contributed by atoms with E-state index in [1.165, 1.54) is 18.2 Å². The van der Waals surface area contributed by atoms with Gasteiger partial charge in [-0.25, -0.2) is 4.39 Å². The number of phenols is 1. The van der Waals surface area contributed by atoms with Crippen LogP contribution in [0.25, 0.3) is 0 Å². The van der Waals surface area contributed by atoms with Crippen LogP contribution in [-0.4, -0.2) is 41.2 Å². The number of morpholine rings is 1. The molecule has 1 aliphatic heterocycles. The molecule has 1 aromatic rings. The minimum atomic E-state index is -0.695. The van der Waals surface area contributed by atoms with Crippen LogP contribution in [0.1, 0.15) is 30.6 Å². The average Bonchev–Trinajstić information content (AvgIpc) is 2.38. The first-order valence-electron chi connectivity index (χ1n) is 6.44.